The number of benzene rings is 1. The minimum absolute atomic E-state index is 0.215. The summed E-state index contributed by atoms with van der Waals surface area (Å²) in [5.74, 6) is 0.863. The summed E-state index contributed by atoms with van der Waals surface area (Å²) in [6, 6.07) is 4.36. The average Bonchev–Trinajstić information content (AvgIpc) is 2.75. The molecule has 0 atom stereocenters. The molecule has 0 aliphatic heterocycles. The fourth-order valence-electron chi connectivity index (χ4n) is 1.95. The first-order valence-corrected chi connectivity index (χ1v) is 6.72. The average molecular weight is 302 g/mol. The van der Waals surface area contributed by atoms with Crippen LogP contribution < -0.4 is 0 Å². The Hall–Kier alpha value is -1.13. The van der Waals surface area contributed by atoms with E-state index in [2.05, 4.69) is 10.2 Å². The van der Waals surface area contributed by atoms with Crippen LogP contribution in [0.5, 0.6) is 0 Å². The molecule has 0 amide bonds. The van der Waals surface area contributed by atoms with E-state index in [1.54, 1.807) is 6.07 Å². The third kappa shape index (κ3) is 2.74. The van der Waals surface area contributed by atoms with Crippen molar-refractivity contribution in [3.63, 3.8) is 0 Å². The lowest BCUT2D eigenvalue weighted by atomic mass is 10.1. The monoisotopic (exact) mass is 301 g/mol. The van der Waals surface area contributed by atoms with Crippen molar-refractivity contribution in [2.24, 2.45) is 0 Å². The van der Waals surface area contributed by atoms with Gasteiger partial charge in [0.2, 0.25) is 0 Å². The van der Waals surface area contributed by atoms with Gasteiger partial charge in [0.25, 0.3) is 0 Å². The first kappa shape index (κ1) is 14.3. The summed E-state index contributed by atoms with van der Waals surface area (Å²) in [5.41, 5.74) is 0.0175. The predicted octanol–water partition coefficient (Wildman–Crippen LogP) is 4.23. The van der Waals surface area contributed by atoms with E-state index in [0.717, 1.165) is 0 Å². The van der Waals surface area contributed by atoms with E-state index in [1.807, 2.05) is 25.3 Å². The zero-order chi connectivity index (χ0) is 14.2. The van der Waals surface area contributed by atoms with Gasteiger partial charge in [0.1, 0.15) is 11.6 Å². The summed E-state index contributed by atoms with van der Waals surface area (Å²) in [6.45, 7) is 5.95. The highest BCUT2D eigenvalue weighted by Crippen LogP contribution is 2.30. The van der Waals surface area contributed by atoms with Crippen LogP contribution in [-0.2, 0) is 11.4 Å². The Bertz CT molecular complexity index is 602. The maximum absolute atomic E-state index is 14.0. The van der Waals surface area contributed by atoms with E-state index in [1.165, 1.54) is 12.1 Å². The highest BCUT2D eigenvalue weighted by molar-refractivity contribution is 6.30. The number of hydrogen-bond donors (Lipinski definition) is 0. The Labute approximate surface area is 121 Å². The molecule has 0 aliphatic rings. The normalized spacial score (nSPS) is 11.9. The highest BCUT2D eigenvalue weighted by Gasteiger charge is 2.25. The van der Waals surface area contributed by atoms with Crippen LogP contribution in [0.1, 0.15) is 26.6 Å². The van der Waals surface area contributed by atoms with Gasteiger partial charge >= 0.3 is 0 Å². The fourth-order valence-corrected chi connectivity index (χ4v) is 2.30. The van der Waals surface area contributed by atoms with E-state index >= 15 is 0 Å². The molecule has 3 nitrogen and oxygen atoms in total. The smallest absolute Gasteiger partial charge is 0.167 e. The SMILES string of the molecule is CC(C)(C)n1c(CCl)nnc1-c1cc(Cl)ccc1F. The van der Waals surface area contributed by atoms with Gasteiger partial charge in [0.15, 0.2) is 5.82 Å². The molecule has 102 valence electrons. The van der Waals surface area contributed by atoms with Crippen LogP contribution in [0.25, 0.3) is 11.4 Å². The second-order valence-electron chi connectivity index (χ2n) is 5.20. The van der Waals surface area contributed by atoms with Crippen LogP contribution in [-0.4, -0.2) is 14.8 Å². The highest BCUT2D eigenvalue weighted by atomic mass is 35.5. The van der Waals surface area contributed by atoms with Crippen molar-refractivity contribution < 1.29 is 4.39 Å². The third-order valence-corrected chi connectivity index (χ3v) is 3.16. The fraction of sp³-hybridized carbons (Fsp3) is 0.385. The molecule has 0 aliphatic carbocycles. The minimum Gasteiger partial charge on any atom is -0.305 e. The summed E-state index contributed by atoms with van der Waals surface area (Å²) in [7, 11) is 0. The van der Waals surface area contributed by atoms with Crippen molar-refractivity contribution >= 4 is 23.2 Å². The van der Waals surface area contributed by atoms with Crippen LogP contribution in [0.2, 0.25) is 5.02 Å². The van der Waals surface area contributed by atoms with Crippen molar-refractivity contribution in [3.8, 4) is 11.4 Å². The summed E-state index contributed by atoms with van der Waals surface area (Å²) in [4.78, 5) is 0. The van der Waals surface area contributed by atoms with Crippen molar-refractivity contribution in [3.05, 3.63) is 34.9 Å². The lowest BCUT2D eigenvalue weighted by molar-refractivity contribution is 0.389. The van der Waals surface area contributed by atoms with E-state index in [-0.39, 0.29) is 17.2 Å². The van der Waals surface area contributed by atoms with Crippen LogP contribution in [0, 0.1) is 5.82 Å². The molecule has 19 heavy (non-hydrogen) atoms. The van der Waals surface area contributed by atoms with Crippen molar-refractivity contribution in [1.82, 2.24) is 14.8 Å². The van der Waals surface area contributed by atoms with Crippen LogP contribution in [0.15, 0.2) is 18.2 Å². The molecule has 1 heterocycles. The molecule has 0 saturated heterocycles. The molecule has 0 bridgehead atoms. The summed E-state index contributed by atoms with van der Waals surface area (Å²) < 4.78 is 15.8. The van der Waals surface area contributed by atoms with E-state index < -0.39 is 0 Å². The molecular weight excluding hydrogens is 288 g/mol. The standard InChI is InChI=1S/C13H14Cl2FN3/c1-13(2,3)19-11(7-14)17-18-12(19)9-6-8(15)4-5-10(9)16/h4-6H,7H2,1-3H3. The van der Waals surface area contributed by atoms with E-state index in [9.17, 15) is 4.39 Å². The van der Waals surface area contributed by atoms with Gasteiger partial charge in [-0.25, -0.2) is 4.39 Å². The minimum atomic E-state index is -0.386. The Morgan fingerprint density at radius 3 is 2.53 bits per heavy atom. The van der Waals surface area contributed by atoms with Crippen molar-refractivity contribution in [2.75, 3.05) is 0 Å². The lowest BCUT2D eigenvalue weighted by Crippen LogP contribution is -2.25. The maximum atomic E-state index is 14.0. The quantitative estimate of drug-likeness (QED) is 0.777. The molecule has 1 aromatic heterocycles. The van der Waals surface area contributed by atoms with Crippen LogP contribution >= 0.6 is 23.2 Å². The first-order valence-electron chi connectivity index (χ1n) is 5.80. The summed E-state index contributed by atoms with van der Waals surface area (Å²) in [5, 5.41) is 8.53. The van der Waals surface area contributed by atoms with Gasteiger partial charge in [-0.1, -0.05) is 11.6 Å². The van der Waals surface area contributed by atoms with E-state index in [0.29, 0.717) is 22.2 Å². The summed E-state index contributed by atoms with van der Waals surface area (Å²) in [6.07, 6.45) is 0. The molecule has 0 saturated carbocycles. The number of alkyl halides is 1. The molecule has 1 aromatic carbocycles. The van der Waals surface area contributed by atoms with Crippen LogP contribution in [0.3, 0.4) is 0 Å². The topological polar surface area (TPSA) is 30.7 Å². The van der Waals surface area contributed by atoms with Gasteiger partial charge in [-0.2, -0.15) is 0 Å². The zero-order valence-corrected chi connectivity index (χ0v) is 12.4. The molecule has 0 fully saturated rings. The Balaban J connectivity index is 2.69. The van der Waals surface area contributed by atoms with Gasteiger partial charge in [0.05, 0.1) is 11.4 Å². The number of nitrogens with zero attached hydrogens (tertiary/aromatic N) is 3. The molecule has 0 N–H and O–H groups in total. The molecular formula is C13H14Cl2FN3. The number of rotatable bonds is 2. The van der Waals surface area contributed by atoms with E-state index in [4.69, 9.17) is 23.2 Å². The first-order chi connectivity index (χ1) is 8.84. The molecule has 0 spiro atoms. The number of halogens is 3. The molecule has 2 rings (SSSR count). The molecule has 0 radical (unpaired) electrons. The Kier molecular flexibility index (Phi) is 3.83. The molecule has 6 heteroatoms. The van der Waals surface area contributed by atoms with Gasteiger partial charge in [-0.05, 0) is 39.0 Å². The summed E-state index contributed by atoms with van der Waals surface area (Å²) >= 11 is 11.8. The predicted molar refractivity (Wildman–Crippen MR) is 75.0 cm³/mol. The van der Waals surface area contributed by atoms with Gasteiger partial charge in [0, 0.05) is 10.6 Å². The van der Waals surface area contributed by atoms with Crippen molar-refractivity contribution in [1.29, 1.82) is 0 Å². The molecule has 0 unspecified atom stereocenters. The van der Waals surface area contributed by atoms with Crippen LogP contribution in [0.4, 0.5) is 4.39 Å². The molecule has 2 aromatic rings. The largest absolute Gasteiger partial charge is 0.305 e. The Morgan fingerprint density at radius 2 is 1.95 bits per heavy atom. The Morgan fingerprint density at radius 1 is 1.26 bits per heavy atom. The maximum Gasteiger partial charge on any atom is 0.167 e. The second-order valence-corrected chi connectivity index (χ2v) is 5.91. The number of aromatic nitrogens is 3. The van der Waals surface area contributed by atoms with Gasteiger partial charge in [-0.15, -0.1) is 21.8 Å². The van der Waals surface area contributed by atoms with Gasteiger partial charge < -0.3 is 4.57 Å². The zero-order valence-electron chi connectivity index (χ0n) is 10.9. The number of hydrogen-bond acceptors (Lipinski definition) is 2. The lowest BCUT2D eigenvalue weighted by Gasteiger charge is -2.24. The van der Waals surface area contributed by atoms with Crippen molar-refractivity contribution in [2.45, 2.75) is 32.2 Å². The second kappa shape index (κ2) is 5.10. The van der Waals surface area contributed by atoms with Gasteiger partial charge in [-0.3, -0.25) is 0 Å². The third-order valence-electron chi connectivity index (χ3n) is 2.69.